The van der Waals surface area contributed by atoms with Crippen LogP contribution in [-0.2, 0) is 4.79 Å². The van der Waals surface area contributed by atoms with Crippen molar-refractivity contribution in [2.45, 2.75) is 11.4 Å². The molecule has 0 fully saturated rings. The minimum absolute atomic E-state index is 0.481. The van der Waals surface area contributed by atoms with Crippen molar-refractivity contribution in [2.24, 2.45) is 0 Å². The van der Waals surface area contributed by atoms with Gasteiger partial charge in [-0.2, -0.15) is 0 Å². The van der Waals surface area contributed by atoms with E-state index in [2.05, 4.69) is 21.7 Å². The van der Waals surface area contributed by atoms with Crippen LogP contribution in [0.1, 0.15) is 0 Å². The van der Waals surface area contributed by atoms with E-state index in [-0.39, 0.29) is 0 Å². The van der Waals surface area contributed by atoms with Gasteiger partial charge in [-0.05, 0) is 0 Å². The van der Waals surface area contributed by atoms with Crippen molar-refractivity contribution in [1.29, 1.82) is 0 Å². The average Bonchev–Trinajstić information content (AvgIpc) is 1.65. The van der Waals surface area contributed by atoms with Crippen LogP contribution in [0.25, 0.3) is 0 Å². The number of aliphatic carboxylic acids is 1. The van der Waals surface area contributed by atoms with E-state index in [0.717, 1.165) is 0 Å². The van der Waals surface area contributed by atoms with E-state index in [0.29, 0.717) is 5.32 Å². The summed E-state index contributed by atoms with van der Waals surface area (Å²) in [5.74, 6) is -0.848. The summed E-state index contributed by atoms with van der Waals surface area (Å²) in [6.07, 6.45) is 0. The molecular formula is C3H7NO2Se+. The van der Waals surface area contributed by atoms with Gasteiger partial charge in [0.15, 0.2) is 0 Å². The molecule has 0 heterocycles. The Kier molecular flexibility index (Phi) is 3.00. The molecule has 1 atom stereocenters. The summed E-state index contributed by atoms with van der Waals surface area (Å²) in [5.41, 5.74) is 3.33. The molecule has 7 heavy (non-hydrogen) atoms. The van der Waals surface area contributed by atoms with Crippen molar-refractivity contribution in [3.05, 3.63) is 0 Å². The van der Waals surface area contributed by atoms with Crippen molar-refractivity contribution in [2.75, 3.05) is 0 Å². The molecule has 0 aliphatic heterocycles. The van der Waals surface area contributed by atoms with E-state index in [9.17, 15) is 4.79 Å². The van der Waals surface area contributed by atoms with Gasteiger partial charge in [-0.15, -0.1) is 0 Å². The van der Waals surface area contributed by atoms with Crippen LogP contribution in [0.5, 0.6) is 0 Å². The molecule has 0 spiro atoms. The topological polar surface area (TPSA) is 64.9 Å². The predicted molar refractivity (Wildman–Crippen MR) is 24.9 cm³/mol. The van der Waals surface area contributed by atoms with Crippen LogP contribution >= 0.6 is 0 Å². The first-order valence-electron chi connectivity index (χ1n) is 1.82. The molecule has 0 aliphatic rings. The van der Waals surface area contributed by atoms with Gasteiger partial charge in [0.05, 0.1) is 0 Å². The zero-order valence-corrected chi connectivity index (χ0v) is 5.47. The molecule has 0 rings (SSSR count). The van der Waals surface area contributed by atoms with Gasteiger partial charge in [-0.1, -0.05) is 0 Å². The summed E-state index contributed by atoms with van der Waals surface area (Å²) >= 11 is 2.58. The van der Waals surface area contributed by atoms with E-state index in [1.54, 1.807) is 0 Å². The number of rotatable bonds is 2. The Morgan fingerprint density at radius 2 is 2.43 bits per heavy atom. The second kappa shape index (κ2) is 3.02. The standard InChI is InChI=1S/C3H6NO2Se/c4-2(1-7)3(5)6/h2H,1,4H2,(H,5,6)/p+1/t2-/m1/s1. The number of hydrogen-bond acceptors (Lipinski definition) is 1. The van der Waals surface area contributed by atoms with Crippen LogP contribution in [0.3, 0.4) is 0 Å². The van der Waals surface area contributed by atoms with Crippen LogP contribution in [0.2, 0.25) is 5.32 Å². The van der Waals surface area contributed by atoms with E-state index < -0.39 is 12.0 Å². The van der Waals surface area contributed by atoms with Gasteiger partial charge in [-0.25, -0.2) is 0 Å². The molecule has 0 amide bonds. The summed E-state index contributed by atoms with van der Waals surface area (Å²) in [4.78, 5) is 9.85. The summed E-state index contributed by atoms with van der Waals surface area (Å²) < 4.78 is 0. The van der Waals surface area contributed by atoms with E-state index in [1.807, 2.05) is 0 Å². The monoisotopic (exact) mass is 169 g/mol. The Bertz CT molecular complexity index is 75.3. The van der Waals surface area contributed by atoms with Gasteiger partial charge in [0.25, 0.3) is 0 Å². The summed E-state index contributed by atoms with van der Waals surface area (Å²) in [7, 11) is 0. The number of carboxylic acid groups (broad SMARTS) is 1. The Balaban J connectivity index is 3.34. The molecule has 0 aromatic rings. The van der Waals surface area contributed by atoms with Crippen molar-refractivity contribution in [1.82, 2.24) is 0 Å². The fourth-order valence-corrected chi connectivity index (χ4v) is 0.370. The van der Waals surface area contributed by atoms with E-state index in [1.165, 1.54) is 0 Å². The number of carbonyl (C=O) groups is 1. The average molecular weight is 168 g/mol. The number of hydrogen-bond donors (Lipinski definition) is 2. The van der Waals surface area contributed by atoms with Crippen molar-refractivity contribution in [3.63, 3.8) is 0 Å². The van der Waals surface area contributed by atoms with Gasteiger partial charge in [0.1, 0.15) is 0 Å². The Morgan fingerprint density at radius 3 is 2.43 bits per heavy atom. The second-order valence-corrected chi connectivity index (χ2v) is 1.90. The summed E-state index contributed by atoms with van der Waals surface area (Å²) in [6, 6.07) is -0.486. The first kappa shape index (κ1) is 6.95. The summed E-state index contributed by atoms with van der Waals surface area (Å²) in [6.45, 7) is 0. The fraction of sp³-hybridized carbons (Fsp3) is 0.667. The first-order valence-corrected chi connectivity index (χ1v) is 3.03. The Morgan fingerprint density at radius 1 is 2.00 bits per heavy atom. The van der Waals surface area contributed by atoms with Gasteiger partial charge in [-0.3, -0.25) is 0 Å². The second-order valence-electron chi connectivity index (χ2n) is 1.20. The molecule has 0 saturated carbocycles. The Hall–Kier alpha value is -0.0505. The molecule has 3 nitrogen and oxygen atoms in total. The van der Waals surface area contributed by atoms with Crippen LogP contribution in [-0.4, -0.2) is 33.1 Å². The van der Waals surface area contributed by atoms with Crippen LogP contribution in [0, 0.1) is 0 Å². The van der Waals surface area contributed by atoms with Gasteiger partial charge < -0.3 is 0 Å². The van der Waals surface area contributed by atoms with Gasteiger partial charge in [0, 0.05) is 0 Å². The maximum absolute atomic E-state index is 9.85. The van der Waals surface area contributed by atoms with E-state index >= 15 is 0 Å². The zero-order valence-electron chi connectivity index (χ0n) is 3.76. The fourth-order valence-electron chi connectivity index (χ4n) is 0.0713. The molecule has 41 valence electrons. The van der Waals surface area contributed by atoms with E-state index in [4.69, 9.17) is 5.11 Å². The molecule has 0 aliphatic carbocycles. The minimum atomic E-state index is -0.848. The summed E-state index contributed by atoms with van der Waals surface area (Å²) in [5, 5.41) is 8.58. The third-order valence-corrected chi connectivity index (χ3v) is 1.39. The van der Waals surface area contributed by atoms with Crippen LogP contribution < -0.4 is 5.73 Å². The van der Waals surface area contributed by atoms with Gasteiger partial charge in [0.2, 0.25) is 0 Å². The zero-order chi connectivity index (χ0) is 5.86. The SMILES string of the molecule is [NH3+][C@H](C[Se])C(=O)O. The van der Waals surface area contributed by atoms with Crippen LogP contribution in [0.15, 0.2) is 0 Å². The van der Waals surface area contributed by atoms with Crippen molar-refractivity contribution < 1.29 is 15.6 Å². The molecule has 0 saturated heterocycles. The molecule has 0 aromatic heterocycles. The molecular weight excluding hydrogens is 161 g/mol. The van der Waals surface area contributed by atoms with Crippen molar-refractivity contribution in [3.8, 4) is 0 Å². The molecule has 0 aromatic carbocycles. The molecule has 0 bridgehead atoms. The van der Waals surface area contributed by atoms with Gasteiger partial charge >= 0.3 is 49.0 Å². The maximum atomic E-state index is 9.85. The molecule has 0 unspecified atom stereocenters. The normalized spacial score (nSPS) is 13.4. The molecule has 4 N–H and O–H groups in total. The van der Waals surface area contributed by atoms with Crippen molar-refractivity contribution >= 4 is 22.0 Å². The van der Waals surface area contributed by atoms with Crippen LogP contribution in [0.4, 0.5) is 0 Å². The number of carboxylic acids is 1. The quantitative estimate of drug-likeness (QED) is 0.481. The predicted octanol–water partition coefficient (Wildman–Crippen LogP) is -1.73. The third-order valence-electron chi connectivity index (χ3n) is 0.550. The third kappa shape index (κ3) is 2.62. The number of quaternary nitrogens is 1. The first-order chi connectivity index (χ1) is 3.18. The Labute approximate surface area is 49.7 Å². The molecule has 1 radical (unpaired) electrons. The molecule has 4 heteroatoms.